The van der Waals surface area contributed by atoms with Gasteiger partial charge in [0.05, 0.1) is 17.8 Å². The number of hydrogen-bond donors (Lipinski definition) is 2. The monoisotopic (exact) mass is 539 g/mol. The Morgan fingerprint density at radius 3 is 2.30 bits per heavy atom. The summed E-state index contributed by atoms with van der Waals surface area (Å²) < 4.78 is 19.8. The third-order valence-electron chi connectivity index (χ3n) is 5.85. The highest BCUT2D eigenvalue weighted by atomic mass is 19.1. The van der Waals surface area contributed by atoms with Gasteiger partial charge in [0.25, 0.3) is 0 Å². The number of pyridine rings is 1. The summed E-state index contributed by atoms with van der Waals surface area (Å²) >= 11 is 0. The van der Waals surface area contributed by atoms with E-state index in [4.69, 9.17) is 4.74 Å². The molecule has 40 heavy (non-hydrogen) atoms. The molecule has 0 atom stereocenters. The van der Waals surface area contributed by atoms with Gasteiger partial charge in [-0.1, -0.05) is 42.5 Å². The number of nitrogens with one attached hydrogen (secondary N) is 2. The predicted molar refractivity (Wildman–Crippen MR) is 154 cm³/mol. The molecule has 8 heteroatoms. The number of hydrogen-bond acceptors (Lipinski definition) is 5. The lowest BCUT2D eigenvalue weighted by atomic mass is 10.00. The van der Waals surface area contributed by atoms with E-state index in [2.05, 4.69) is 15.6 Å². The Bertz CT molecular complexity index is 1580. The second-order valence-corrected chi connectivity index (χ2v) is 10.3. The predicted octanol–water partition coefficient (Wildman–Crippen LogP) is 7.42. The minimum Gasteiger partial charge on any atom is -0.444 e. The highest BCUT2D eigenvalue weighted by Gasteiger charge is 2.20. The quantitative estimate of drug-likeness (QED) is 0.188. The third-order valence-corrected chi connectivity index (χ3v) is 5.85. The first-order chi connectivity index (χ1) is 19.0. The number of halogens is 1. The fourth-order valence-electron chi connectivity index (χ4n) is 4.07. The summed E-state index contributed by atoms with van der Waals surface area (Å²) in [5, 5.41) is 5.32. The highest BCUT2D eigenvalue weighted by Crippen LogP contribution is 2.31. The summed E-state index contributed by atoms with van der Waals surface area (Å²) in [7, 11) is 0. The molecule has 0 unspecified atom stereocenters. The number of carbonyl (C=O) groups is 3. The lowest BCUT2D eigenvalue weighted by Gasteiger charge is -2.21. The van der Waals surface area contributed by atoms with Crippen molar-refractivity contribution in [3.63, 3.8) is 0 Å². The zero-order chi connectivity index (χ0) is 28.9. The molecule has 1 aromatic heterocycles. The third kappa shape index (κ3) is 7.38. The summed E-state index contributed by atoms with van der Waals surface area (Å²) in [6.07, 6.45) is 0.542. The van der Waals surface area contributed by atoms with Gasteiger partial charge in [-0.05, 0) is 80.8 Å². The van der Waals surface area contributed by atoms with E-state index in [9.17, 15) is 18.8 Å². The van der Waals surface area contributed by atoms with Crippen molar-refractivity contribution in [3.05, 3.63) is 102 Å². The Morgan fingerprint density at radius 1 is 0.825 bits per heavy atom. The first-order valence-corrected chi connectivity index (χ1v) is 12.7. The number of benzene rings is 3. The van der Waals surface area contributed by atoms with Crippen molar-refractivity contribution in [2.24, 2.45) is 0 Å². The van der Waals surface area contributed by atoms with E-state index in [0.717, 1.165) is 16.8 Å². The maximum Gasteiger partial charge on any atom is 0.412 e. The highest BCUT2D eigenvalue weighted by molar-refractivity contribution is 6.12. The molecular weight excluding hydrogens is 509 g/mol. The molecule has 4 aromatic rings. The number of Topliss-reactive ketones (excluding diaryl/α,β-unsaturated/α-hetero) is 1. The molecule has 204 valence electrons. The van der Waals surface area contributed by atoms with Crippen LogP contribution in [-0.4, -0.2) is 28.4 Å². The SMILES string of the molecule is Cc1cc(-c2cccc(C(=O)CC(=O)Nc3cc(-c4ccccc4F)ccc3NC(=O)OC(C)(C)C)c2)ccn1. The van der Waals surface area contributed by atoms with E-state index < -0.39 is 29.8 Å². The number of nitrogens with zero attached hydrogens (tertiary/aromatic N) is 1. The Labute approximate surface area is 232 Å². The number of aromatic nitrogens is 1. The molecule has 0 fully saturated rings. The van der Waals surface area contributed by atoms with Crippen molar-refractivity contribution < 1.29 is 23.5 Å². The van der Waals surface area contributed by atoms with Crippen LogP contribution in [-0.2, 0) is 9.53 Å². The van der Waals surface area contributed by atoms with Gasteiger partial charge in [0, 0.05) is 23.0 Å². The molecule has 3 aromatic carbocycles. The molecular formula is C32H30FN3O4. The van der Waals surface area contributed by atoms with Crippen LogP contribution >= 0.6 is 0 Å². The summed E-state index contributed by atoms with van der Waals surface area (Å²) in [6, 6.07) is 21.7. The van der Waals surface area contributed by atoms with Crippen LogP contribution in [0.5, 0.6) is 0 Å². The Morgan fingerprint density at radius 2 is 1.57 bits per heavy atom. The number of rotatable bonds is 7. The zero-order valence-electron chi connectivity index (χ0n) is 22.7. The first-order valence-electron chi connectivity index (χ1n) is 12.7. The van der Waals surface area contributed by atoms with E-state index in [1.165, 1.54) is 6.07 Å². The van der Waals surface area contributed by atoms with Crippen LogP contribution in [0.1, 0.15) is 43.2 Å². The Hall–Kier alpha value is -4.85. The van der Waals surface area contributed by atoms with Crippen molar-refractivity contribution in [1.82, 2.24) is 4.98 Å². The van der Waals surface area contributed by atoms with Crippen LogP contribution in [0.2, 0.25) is 0 Å². The molecule has 0 bridgehead atoms. The van der Waals surface area contributed by atoms with Crippen LogP contribution in [0, 0.1) is 12.7 Å². The number of carbonyl (C=O) groups excluding carboxylic acids is 3. The van der Waals surface area contributed by atoms with Gasteiger partial charge in [0.1, 0.15) is 11.4 Å². The molecule has 0 aliphatic carbocycles. The number of ketones is 1. The number of amides is 2. The topological polar surface area (TPSA) is 97.4 Å². The van der Waals surface area contributed by atoms with E-state index in [-0.39, 0.29) is 17.2 Å². The van der Waals surface area contributed by atoms with Crippen LogP contribution in [0.15, 0.2) is 85.1 Å². The van der Waals surface area contributed by atoms with E-state index in [0.29, 0.717) is 16.7 Å². The standard InChI is InChI=1S/C32H30FN3O4/c1-20-16-22(14-15-34-20)21-8-7-9-24(17-21)29(37)19-30(38)35-28-18-23(25-10-5-6-11-26(25)33)12-13-27(28)36-31(39)40-32(2,3)4/h5-18H,19H2,1-4H3,(H,35,38)(H,36,39). The smallest absolute Gasteiger partial charge is 0.412 e. The molecule has 0 spiro atoms. The van der Waals surface area contributed by atoms with Crippen molar-refractivity contribution >= 4 is 29.2 Å². The zero-order valence-corrected chi connectivity index (χ0v) is 22.7. The molecule has 1 heterocycles. The van der Waals surface area contributed by atoms with E-state index in [1.807, 2.05) is 25.1 Å². The molecule has 4 rings (SSSR count). The van der Waals surface area contributed by atoms with Gasteiger partial charge >= 0.3 is 6.09 Å². The molecule has 0 saturated heterocycles. The van der Waals surface area contributed by atoms with E-state index in [1.54, 1.807) is 81.6 Å². The lowest BCUT2D eigenvalue weighted by Crippen LogP contribution is -2.27. The fraction of sp³-hybridized carbons (Fsp3) is 0.188. The van der Waals surface area contributed by atoms with Gasteiger partial charge in [-0.3, -0.25) is 19.9 Å². The van der Waals surface area contributed by atoms with E-state index >= 15 is 0 Å². The molecule has 0 saturated carbocycles. The number of ether oxygens (including phenoxy) is 1. The summed E-state index contributed by atoms with van der Waals surface area (Å²) in [4.78, 5) is 42.7. The molecule has 0 aliphatic rings. The molecule has 0 aliphatic heterocycles. The maximum atomic E-state index is 14.5. The molecule has 0 radical (unpaired) electrons. The average molecular weight is 540 g/mol. The normalized spacial score (nSPS) is 11.0. The number of anilines is 2. The summed E-state index contributed by atoms with van der Waals surface area (Å²) in [5.41, 5.74) is 3.48. The lowest BCUT2D eigenvalue weighted by molar-refractivity contribution is -0.115. The van der Waals surface area contributed by atoms with Crippen LogP contribution < -0.4 is 10.6 Å². The van der Waals surface area contributed by atoms with Crippen LogP contribution in [0.25, 0.3) is 22.3 Å². The average Bonchev–Trinajstić information content (AvgIpc) is 2.89. The summed E-state index contributed by atoms with van der Waals surface area (Å²) in [6.45, 7) is 7.07. The van der Waals surface area contributed by atoms with Gasteiger partial charge in [0.2, 0.25) is 5.91 Å². The number of aryl methyl sites for hydroxylation is 1. The van der Waals surface area contributed by atoms with Gasteiger partial charge in [0.15, 0.2) is 5.78 Å². The Balaban J connectivity index is 1.56. The van der Waals surface area contributed by atoms with Crippen molar-refractivity contribution in [3.8, 4) is 22.3 Å². The second-order valence-electron chi connectivity index (χ2n) is 10.3. The second kappa shape index (κ2) is 11.9. The largest absolute Gasteiger partial charge is 0.444 e. The van der Waals surface area contributed by atoms with Crippen LogP contribution in [0.4, 0.5) is 20.6 Å². The molecule has 7 nitrogen and oxygen atoms in total. The summed E-state index contributed by atoms with van der Waals surface area (Å²) in [5.74, 6) is -1.41. The van der Waals surface area contributed by atoms with Gasteiger partial charge in [-0.15, -0.1) is 0 Å². The maximum absolute atomic E-state index is 14.5. The molecule has 2 N–H and O–H groups in total. The van der Waals surface area contributed by atoms with Gasteiger partial charge in [-0.25, -0.2) is 9.18 Å². The van der Waals surface area contributed by atoms with Crippen molar-refractivity contribution in [2.75, 3.05) is 10.6 Å². The minimum atomic E-state index is -0.740. The van der Waals surface area contributed by atoms with Gasteiger partial charge in [-0.2, -0.15) is 0 Å². The Kier molecular flexibility index (Phi) is 8.38. The molecule has 2 amide bonds. The van der Waals surface area contributed by atoms with Crippen LogP contribution in [0.3, 0.4) is 0 Å². The minimum absolute atomic E-state index is 0.199. The van der Waals surface area contributed by atoms with Crippen molar-refractivity contribution in [2.45, 2.75) is 39.7 Å². The first kappa shape index (κ1) is 28.2. The van der Waals surface area contributed by atoms with Gasteiger partial charge < -0.3 is 10.1 Å². The van der Waals surface area contributed by atoms with Crippen molar-refractivity contribution in [1.29, 1.82) is 0 Å². The fourth-order valence-corrected chi connectivity index (χ4v) is 4.07.